The predicted octanol–water partition coefficient (Wildman–Crippen LogP) is 3.69. The topological polar surface area (TPSA) is 29.3 Å². The zero-order chi connectivity index (χ0) is 14.5. The van der Waals surface area contributed by atoms with Gasteiger partial charge in [-0.25, -0.2) is 0 Å². The van der Waals surface area contributed by atoms with Gasteiger partial charge in [0.15, 0.2) is 0 Å². The Bertz CT molecular complexity index is 546. The Kier molecular flexibility index (Phi) is 4.80. The van der Waals surface area contributed by atoms with Gasteiger partial charge in [0.1, 0.15) is 0 Å². The zero-order valence-corrected chi connectivity index (χ0v) is 12.6. The van der Waals surface area contributed by atoms with E-state index in [1.165, 1.54) is 22.4 Å². The summed E-state index contributed by atoms with van der Waals surface area (Å²) in [7, 11) is 2.12. The number of benzene rings is 2. The fourth-order valence-electron chi connectivity index (χ4n) is 2.63. The van der Waals surface area contributed by atoms with E-state index in [2.05, 4.69) is 74.3 Å². The summed E-state index contributed by atoms with van der Waals surface area (Å²) in [6.45, 7) is 4.91. The maximum atomic E-state index is 6.05. The van der Waals surface area contributed by atoms with Crippen LogP contribution in [0.1, 0.15) is 29.7 Å². The summed E-state index contributed by atoms with van der Waals surface area (Å²) in [5.41, 5.74) is 11.2. The van der Waals surface area contributed by atoms with Crippen LogP contribution in [-0.2, 0) is 6.42 Å². The van der Waals surface area contributed by atoms with Crippen LogP contribution in [0.2, 0.25) is 0 Å². The average molecular weight is 268 g/mol. The minimum atomic E-state index is 0.217. The molecule has 0 aromatic heterocycles. The van der Waals surface area contributed by atoms with E-state index in [9.17, 15) is 0 Å². The minimum Gasteiger partial charge on any atom is -0.366 e. The lowest BCUT2D eigenvalue weighted by atomic mass is 9.97. The maximum Gasteiger partial charge on any atom is 0.0664 e. The molecule has 1 atom stereocenters. The molecule has 2 N–H and O–H groups in total. The Balaban J connectivity index is 2.34. The SMILES string of the molecule is CCc1ccccc1C(CN)N(C)c1ccc(C)cc1. The van der Waals surface area contributed by atoms with Crippen LogP contribution in [-0.4, -0.2) is 13.6 Å². The maximum absolute atomic E-state index is 6.05. The molecule has 106 valence electrons. The van der Waals surface area contributed by atoms with Gasteiger partial charge in [-0.3, -0.25) is 0 Å². The lowest BCUT2D eigenvalue weighted by Crippen LogP contribution is -2.31. The highest BCUT2D eigenvalue weighted by Crippen LogP contribution is 2.27. The van der Waals surface area contributed by atoms with Gasteiger partial charge >= 0.3 is 0 Å². The van der Waals surface area contributed by atoms with Crippen LogP contribution in [0, 0.1) is 6.92 Å². The number of anilines is 1. The van der Waals surface area contributed by atoms with Gasteiger partial charge in [-0.2, -0.15) is 0 Å². The summed E-state index contributed by atoms with van der Waals surface area (Å²) < 4.78 is 0. The molecule has 0 saturated carbocycles. The van der Waals surface area contributed by atoms with Gasteiger partial charge in [0.2, 0.25) is 0 Å². The highest BCUT2D eigenvalue weighted by Gasteiger charge is 2.18. The van der Waals surface area contributed by atoms with Gasteiger partial charge in [-0.05, 0) is 36.6 Å². The van der Waals surface area contributed by atoms with E-state index in [0.717, 1.165) is 6.42 Å². The molecule has 0 aliphatic carbocycles. The molecule has 2 aromatic carbocycles. The third-order valence-electron chi connectivity index (χ3n) is 3.93. The van der Waals surface area contributed by atoms with Crippen LogP contribution >= 0.6 is 0 Å². The molecule has 2 aromatic rings. The summed E-state index contributed by atoms with van der Waals surface area (Å²) in [6.07, 6.45) is 1.04. The predicted molar refractivity (Wildman–Crippen MR) is 87.2 cm³/mol. The van der Waals surface area contributed by atoms with E-state index >= 15 is 0 Å². The Morgan fingerprint density at radius 3 is 2.30 bits per heavy atom. The number of nitrogens with zero attached hydrogens (tertiary/aromatic N) is 1. The molecule has 0 saturated heterocycles. The molecule has 1 unspecified atom stereocenters. The van der Waals surface area contributed by atoms with Crippen molar-refractivity contribution in [3.63, 3.8) is 0 Å². The van der Waals surface area contributed by atoms with Crippen molar-refractivity contribution in [1.29, 1.82) is 0 Å². The standard InChI is InChI=1S/C18H24N2/c1-4-15-7-5-6-8-17(15)18(13-19)20(3)16-11-9-14(2)10-12-16/h5-12,18H,4,13,19H2,1-3H3. The minimum absolute atomic E-state index is 0.217. The smallest absolute Gasteiger partial charge is 0.0664 e. The number of aryl methyl sites for hydroxylation is 2. The lowest BCUT2D eigenvalue weighted by molar-refractivity contribution is 0.673. The molecule has 0 bridgehead atoms. The largest absolute Gasteiger partial charge is 0.366 e. The zero-order valence-electron chi connectivity index (χ0n) is 12.6. The summed E-state index contributed by atoms with van der Waals surface area (Å²) in [5.74, 6) is 0. The Hall–Kier alpha value is -1.80. The van der Waals surface area contributed by atoms with Crippen molar-refractivity contribution in [2.45, 2.75) is 26.3 Å². The van der Waals surface area contributed by atoms with E-state index in [4.69, 9.17) is 5.73 Å². The van der Waals surface area contributed by atoms with Crippen molar-refractivity contribution in [2.24, 2.45) is 5.73 Å². The quantitative estimate of drug-likeness (QED) is 0.896. The van der Waals surface area contributed by atoms with E-state index in [0.29, 0.717) is 6.54 Å². The molecule has 0 aliphatic heterocycles. The molecule has 0 heterocycles. The molecule has 0 radical (unpaired) electrons. The van der Waals surface area contributed by atoms with Crippen LogP contribution in [0.4, 0.5) is 5.69 Å². The van der Waals surface area contributed by atoms with Gasteiger partial charge in [-0.15, -0.1) is 0 Å². The van der Waals surface area contributed by atoms with Gasteiger partial charge in [-0.1, -0.05) is 48.9 Å². The van der Waals surface area contributed by atoms with Crippen molar-refractivity contribution in [3.8, 4) is 0 Å². The second-order valence-electron chi connectivity index (χ2n) is 5.25. The van der Waals surface area contributed by atoms with Gasteiger partial charge in [0.25, 0.3) is 0 Å². The van der Waals surface area contributed by atoms with E-state index in [1.54, 1.807) is 0 Å². The van der Waals surface area contributed by atoms with E-state index < -0.39 is 0 Å². The average Bonchev–Trinajstić information content (AvgIpc) is 2.49. The number of hydrogen-bond acceptors (Lipinski definition) is 2. The molecule has 2 nitrogen and oxygen atoms in total. The van der Waals surface area contributed by atoms with Crippen molar-refractivity contribution < 1.29 is 0 Å². The van der Waals surface area contributed by atoms with Crippen molar-refractivity contribution in [2.75, 3.05) is 18.5 Å². The van der Waals surface area contributed by atoms with Crippen molar-refractivity contribution in [1.82, 2.24) is 0 Å². The Morgan fingerprint density at radius 2 is 1.70 bits per heavy atom. The summed E-state index contributed by atoms with van der Waals surface area (Å²) >= 11 is 0. The van der Waals surface area contributed by atoms with Gasteiger partial charge < -0.3 is 10.6 Å². The fraction of sp³-hybridized carbons (Fsp3) is 0.333. The van der Waals surface area contributed by atoms with Gasteiger partial charge in [0, 0.05) is 19.3 Å². The Labute approximate surface area is 122 Å². The molecule has 0 spiro atoms. The first-order chi connectivity index (χ1) is 9.67. The normalized spacial score (nSPS) is 12.2. The monoisotopic (exact) mass is 268 g/mol. The van der Waals surface area contributed by atoms with Crippen molar-refractivity contribution in [3.05, 3.63) is 65.2 Å². The number of rotatable bonds is 5. The molecule has 0 aliphatic rings. The Morgan fingerprint density at radius 1 is 1.05 bits per heavy atom. The fourth-order valence-corrected chi connectivity index (χ4v) is 2.63. The number of hydrogen-bond donors (Lipinski definition) is 1. The lowest BCUT2D eigenvalue weighted by Gasteiger charge is -2.31. The van der Waals surface area contributed by atoms with E-state index in [-0.39, 0.29) is 6.04 Å². The van der Waals surface area contributed by atoms with Gasteiger partial charge in [0.05, 0.1) is 6.04 Å². The first-order valence-electron chi connectivity index (χ1n) is 7.24. The molecule has 0 fully saturated rings. The molecule has 2 rings (SSSR count). The van der Waals surface area contributed by atoms with Crippen LogP contribution < -0.4 is 10.6 Å². The summed E-state index contributed by atoms with van der Waals surface area (Å²) in [6, 6.07) is 17.4. The first kappa shape index (κ1) is 14.6. The number of nitrogens with two attached hydrogens (primary N) is 1. The third kappa shape index (κ3) is 3.02. The van der Waals surface area contributed by atoms with Crippen LogP contribution in [0.5, 0.6) is 0 Å². The van der Waals surface area contributed by atoms with Crippen LogP contribution in [0.25, 0.3) is 0 Å². The summed E-state index contributed by atoms with van der Waals surface area (Å²) in [4.78, 5) is 2.27. The second-order valence-corrected chi connectivity index (χ2v) is 5.25. The van der Waals surface area contributed by atoms with Crippen LogP contribution in [0.3, 0.4) is 0 Å². The van der Waals surface area contributed by atoms with Crippen molar-refractivity contribution >= 4 is 5.69 Å². The first-order valence-corrected chi connectivity index (χ1v) is 7.24. The highest BCUT2D eigenvalue weighted by atomic mass is 15.1. The number of likely N-dealkylation sites (N-methyl/N-ethyl adjacent to an activating group) is 1. The second kappa shape index (κ2) is 6.58. The summed E-state index contributed by atoms with van der Waals surface area (Å²) in [5, 5.41) is 0. The third-order valence-corrected chi connectivity index (χ3v) is 3.93. The molecule has 2 heteroatoms. The van der Waals surface area contributed by atoms with E-state index in [1.807, 2.05) is 0 Å². The molecular weight excluding hydrogens is 244 g/mol. The molecular formula is C18H24N2. The highest BCUT2D eigenvalue weighted by molar-refractivity contribution is 5.50. The van der Waals surface area contributed by atoms with Crippen LogP contribution in [0.15, 0.2) is 48.5 Å². The molecule has 20 heavy (non-hydrogen) atoms. The molecule has 0 amide bonds.